The fourth-order valence-corrected chi connectivity index (χ4v) is 2.01. The molecule has 14 heavy (non-hydrogen) atoms. The third-order valence-electron chi connectivity index (χ3n) is 2.69. The second-order valence-electron chi connectivity index (χ2n) is 3.66. The van der Waals surface area contributed by atoms with Gasteiger partial charge >= 0.3 is 0 Å². The fourth-order valence-electron chi connectivity index (χ4n) is 2.01. The van der Waals surface area contributed by atoms with E-state index < -0.39 is 0 Å². The lowest BCUT2D eigenvalue weighted by Crippen LogP contribution is -2.47. The van der Waals surface area contributed by atoms with Gasteiger partial charge < -0.3 is 16.0 Å². The van der Waals surface area contributed by atoms with Crippen LogP contribution in [-0.4, -0.2) is 37.6 Å². The molecule has 0 saturated carbocycles. The van der Waals surface area contributed by atoms with Crippen LogP contribution in [0.4, 0.5) is 0 Å². The van der Waals surface area contributed by atoms with Crippen LogP contribution in [0, 0.1) is 0 Å². The number of amides is 1. The number of rotatable bonds is 0. The predicted molar refractivity (Wildman–Crippen MR) is 60.3 cm³/mol. The summed E-state index contributed by atoms with van der Waals surface area (Å²) >= 11 is 0. The molecule has 4 nitrogen and oxygen atoms in total. The van der Waals surface area contributed by atoms with Gasteiger partial charge in [-0.25, -0.2) is 0 Å². The molecule has 1 unspecified atom stereocenters. The normalized spacial score (nSPS) is 31.3. The Hall–Kier alpha value is -0.0300. The fraction of sp³-hybridized carbons (Fsp3) is 0.875. The molecule has 0 aromatic heterocycles. The van der Waals surface area contributed by atoms with Crippen LogP contribution in [0.2, 0.25) is 0 Å². The molecule has 2 aliphatic rings. The molecule has 2 saturated heterocycles. The molecule has 6 heteroatoms. The summed E-state index contributed by atoms with van der Waals surface area (Å²) in [5, 5.41) is 9.60. The van der Waals surface area contributed by atoms with Gasteiger partial charge in [0.05, 0.1) is 0 Å². The van der Waals surface area contributed by atoms with Crippen LogP contribution in [0.15, 0.2) is 0 Å². The molecule has 0 bridgehead atoms. The van der Waals surface area contributed by atoms with Crippen molar-refractivity contribution >= 4 is 30.7 Å². The van der Waals surface area contributed by atoms with Crippen molar-refractivity contribution in [2.24, 2.45) is 0 Å². The monoisotopic (exact) mass is 241 g/mol. The maximum atomic E-state index is 11.3. The minimum atomic E-state index is 0. The Morgan fingerprint density at radius 1 is 1.14 bits per heavy atom. The van der Waals surface area contributed by atoms with Crippen LogP contribution >= 0.6 is 24.8 Å². The van der Waals surface area contributed by atoms with Gasteiger partial charge in [-0.3, -0.25) is 4.79 Å². The van der Waals surface area contributed by atoms with Crippen LogP contribution < -0.4 is 16.0 Å². The largest absolute Gasteiger partial charge is 0.355 e. The van der Waals surface area contributed by atoms with Crippen molar-refractivity contribution in [2.75, 3.05) is 26.2 Å². The zero-order chi connectivity index (χ0) is 8.44. The van der Waals surface area contributed by atoms with Crippen molar-refractivity contribution in [2.45, 2.75) is 18.4 Å². The number of nitrogens with one attached hydrogen (secondary N) is 3. The molecule has 0 aromatic carbocycles. The van der Waals surface area contributed by atoms with Gasteiger partial charge in [-0.05, 0) is 13.0 Å². The predicted octanol–water partition coefficient (Wildman–Crippen LogP) is -0.328. The van der Waals surface area contributed by atoms with Crippen molar-refractivity contribution in [1.82, 2.24) is 16.0 Å². The van der Waals surface area contributed by atoms with Gasteiger partial charge in [0.25, 0.3) is 0 Å². The van der Waals surface area contributed by atoms with Crippen LogP contribution in [0.5, 0.6) is 0 Å². The minimum absolute atomic E-state index is 0. The highest BCUT2D eigenvalue weighted by molar-refractivity contribution is 5.85. The van der Waals surface area contributed by atoms with E-state index in [4.69, 9.17) is 0 Å². The van der Waals surface area contributed by atoms with E-state index in [9.17, 15) is 4.79 Å². The average molecular weight is 242 g/mol. The molecule has 2 heterocycles. The lowest BCUT2D eigenvalue weighted by molar-refractivity contribution is -0.121. The quantitative estimate of drug-likeness (QED) is 0.545. The van der Waals surface area contributed by atoms with E-state index in [-0.39, 0.29) is 36.3 Å². The molecule has 1 spiro atoms. The van der Waals surface area contributed by atoms with E-state index in [1.807, 2.05) is 0 Å². The molecule has 0 radical (unpaired) electrons. The zero-order valence-electron chi connectivity index (χ0n) is 7.97. The van der Waals surface area contributed by atoms with Crippen molar-refractivity contribution in [3.8, 4) is 0 Å². The lowest BCUT2D eigenvalue weighted by atomic mass is 9.94. The van der Waals surface area contributed by atoms with Crippen molar-refractivity contribution < 1.29 is 4.79 Å². The molecule has 0 aliphatic carbocycles. The zero-order valence-corrected chi connectivity index (χ0v) is 9.60. The first kappa shape index (κ1) is 14.0. The highest BCUT2D eigenvalue weighted by Crippen LogP contribution is 2.19. The standard InChI is InChI=1S/C8H15N3O.2ClH/c12-7-5-8(1-2-9-6-8)11-4-3-10-7;;/h9,11H,1-6H2,(H,10,12);2*1H. The summed E-state index contributed by atoms with van der Waals surface area (Å²) < 4.78 is 0. The van der Waals surface area contributed by atoms with Gasteiger partial charge in [-0.2, -0.15) is 0 Å². The van der Waals surface area contributed by atoms with Gasteiger partial charge in [0.1, 0.15) is 0 Å². The van der Waals surface area contributed by atoms with Crippen LogP contribution in [-0.2, 0) is 4.79 Å². The molecule has 3 N–H and O–H groups in total. The first-order valence-corrected chi connectivity index (χ1v) is 4.53. The Morgan fingerprint density at radius 3 is 2.57 bits per heavy atom. The molecule has 2 fully saturated rings. The summed E-state index contributed by atoms with van der Waals surface area (Å²) in [5.41, 5.74) is 0.0561. The molecule has 1 amide bonds. The van der Waals surface area contributed by atoms with Gasteiger partial charge in [0.2, 0.25) is 5.91 Å². The minimum Gasteiger partial charge on any atom is -0.355 e. The Bertz CT molecular complexity index is 195. The number of hydrogen-bond acceptors (Lipinski definition) is 3. The maximum Gasteiger partial charge on any atom is 0.221 e. The van der Waals surface area contributed by atoms with E-state index in [1.165, 1.54) is 0 Å². The highest BCUT2D eigenvalue weighted by atomic mass is 35.5. The van der Waals surface area contributed by atoms with Gasteiger partial charge in [-0.1, -0.05) is 0 Å². The Labute approximate surface area is 96.4 Å². The van der Waals surface area contributed by atoms with E-state index in [0.29, 0.717) is 6.42 Å². The van der Waals surface area contributed by atoms with Crippen LogP contribution in [0.3, 0.4) is 0 Å². The Kier molecular flexibility index (Phi) is 5.74. The number of hydrogen-bond donors (Lipinski definition) is 3. The second kappa shape index (κ2) is 5.75. The average Bonchev–Trinajstić information content (AvgIpc) is 2.39. The number of halogens is 2. The first-order chi connectivity index (χ1) is 5.81. The summed E-state index contributed by atoms with van der Waals surface area (Å²) in [5.74, 6) is 0.184. The van der Waals surface area contributed by atoms with Crippen molar-refractivity contribution in [1.29, 1.82) is 0 Å². The summed E-state index contributed by atoms with van der Waals surface area (Å²) in [6.45, 7) is 3.62. The smallest absolute Gasteiger partial charge is 0.221 e. The summed E-state index contributed by atoms with van der Waals surface area (Å²) in [7, 11) is 0. The number of carbonyl (C=O) groups excluding carboxylic acids is 1. The topological polar surface area (TPSA) is 53.2 Å². The molecule has 2 rings (SSSR count). The van der Waals surface area contributed by atoms with E-state index in [2.05, 4.69) is 16.0 Å². The second-order valence-corrected chi connectivity index (χ2v) is 3.66. The summed E-state index contributed by atoms with van der Waals surface area (Å²) in [6, 6.07) is 0. The van der Waals surface area contributed by atoms with Gasteiger partial charge in [-0.15, -0.1) is 24.8 Å². The van der Waals surface area contributed by atoms with E-state index in [1.54, 1.807) is 0 Å². The molecule has 0 aromatic rings. The van der Waals surface area contributed by atoms with Gasteiger partial charge in [0.15, 0.2) is 0 Å². The summed E-state index contributed by atoms with van der Waals surface area (Å²) in [4.78, 5) is 11.3. The molecule has 84 valence electrons. The van der Waals surface area contributed by atoms with Crippen molar-refractivity contribution in [3.05, 3.63) is 0 Å². The summed E-state index contributed by atoms with van der Waals surface area (Å²) in [6.07, 6.45) is 1.69. The molecule has 1 atom stereocenters. The third kappa shape index (κ3) is 2.98. The molecular formula is C8H17Cl2N3O. The third-order valence-corrected chi connectivity index (χ3v) is 2.69. The van der Waals surface area contributed by atoms with Crippen LogP contribution in [0.1, 0.15) is 12.8 Å². The highest BCUT2D eigenvalue weighted by Gasteiger charge is 2.36. The lowest BCUT2D eigenvalue weighted by Gasteiger charge is -2.26. The molecule has 2 aliphatic heterocycles. The SMILES string of the molecule is Cl.Cl.O=C1CC2(CCNC2)NCCN1. The van der Waals surface area contributed by atoms with Crippen molar-refractivity contribution in [3.63, 3.8) is 0 Å². The maximum absolute atomic E-state index is 11.3. The first-order valence-electron chi connectivity index (χ1n) is 4.53. The van der Waals surface area contributed by atoms with E-state index >= 15 is 0 Å². The Balaban J connectivity index is 0.000000845. The van der Waals surface area contributed by atoms with E-state index in [0.717, 1.165) is 32.6 Å². The van der Waals surface area contributed by atoms with Gasteiger partial charge in [0, 0.05) is 31.6 Å². The van der Waals surface area contributed by atoms with Crippen LogP contribution in [0.25, 0.3) is 0 Å². The molecular weight excluding hydrogens is 225 g/mol. The Morgan fingerprint density at radius 2 is 1.93 bits per heavy atom. The number of carbonyl (C=O) groups is 1.